The van der Waals surface area contributed by atoms with Gasteiger partial charge in [-0.3, -0.25) is 9.59 Å². The van der Waals surface area contributed by atoms with Crippen molar-refractivity contribution in [3.05, 3.63) is 24.3 Å². The molecule has 0 aromatic heterocycles. The van der Waals surface area contributed by atoms with E-state index >= 15 is 0 Å². The van der Waals surface area contributed by atoms with Crippen molar-refractivity contribution in [3.63, 3.8) is 0 Å². The topological polar surface area (TPSA) is 93.1 Å². The van der Waals surface area contributed by atoms with Gasteiger partial charge in [-0.05, 0) is 69.1 Å². The zero-order valence-corrected chi connectivity index (χ0v) is 21.0. The minimum atomic E-state index is -0.913. The van der Waals surface area contributed by atoms with Gasteiger partial charge in [-0.1, -0.05) is 45.1 Å². The summed E-state index contributed by atoms with van der Waals surface area (Å²) < 4.78 is 10.7. The smallest absolute Gasteiger partial charge is 0.308 e. The molecule has 0 amide bonds. The van der Waals surface area contributed by atoms with E-state index in [0.29, 0.717) is 24.2 Å². The average Bonchev–Trinajstić information content (AvgIpc) is 2.77. The van der Waals surface area contributed by atoms with E-state index in [1.54, 1.807) is 0 Å². The van der Waals surface area contributed by atoms with Gasteiger partial charge in [0.1, 0.15) is 6.10 Å². The number of hydrogen-bond donors (Lipinski definition) is 2. The lowest BCUT2D eigenvalue weighted by atomic mass is 9.60. The van der Waals surface area contributed by atoms with Gasteiger partial charge in [0.25, 0.3) is 0 Å². The first-order valence-corrected chi connectivity index (χ1v) is 12.6. The molecule has 0 heterocycles. The summed E-state index contributed by atoms with van der Waals surface area (Å²) in [6.07, 6.45) is 11.2. The number of aliphatic hydroxyl groups excluding tert-OH is 2. The van der Waals surface area contributed by atoms with Gasteiger partial charge in [-0.15, -0.1) is 0 Å². The van der Waals surface area contributed by atoms with Crippen molar-refractivity contribution in [3.8, 4) is 0 Å². The molecule has 33 heavy (non-hydrogen) atoms. The molecule has 2 aliphatic rings. The van der Waals surface area contributed by atoms with Gasteiger partial charge in [-0.25, -0.2) is 0 Å². The summed E-state index contributed by atoms with van der Waals surface area (Å²) >= 11 is 0. The quantitative estimate of drug-likeness (QED) is 0.347. The summed E-state index contributed by atoms with van der Waals surface area (Å²) in [4.78, 5) is 24.1. The van der Waals surface area contributed by atoms with Gasteiger partial charge in [0, 0.05) is 5.92 Å². The third-order valence-corrected chi connectivity index (χ3v) is 7.62. The van der Waals surface area contributed by atoms with Crippen molar-refractivity contribution >= 4 is 11.9 Å². The lowest BCUT2D eigenvalue weighted by Gasteiger charge is -2.47. The van der Waals surface area contributed by atoms with Crippen LogP contribution in [0.4, 0.5) is 0 Å². The number of aliphatic hydroxyl groups is 2. The number of carbonyl (C=O) groups excluding carboxylic acids is 2. The summed E-state index contributed by atoms with van der Waals surface area (Å²) in [7, 11) is 1.29. The van der Waals surface area contributed by atoms with Crippen LogP contribution in [0.25, 0.3) is 0 Å². The Morgan fingerprint density at radius 3 is 2.55 bits per heavy atom. The highest BCUT2D eigenvalue weighted by Crippen LogP contribution is 2.48. The Morgan fingerprint density at radius 1 is 1.18 bits per heavy atom. The maximum atomic E-state index is 12.7. The zero-order chi connectivity index (χ0) is 24.5. The van der Waals surface area contributed by atoms with E-state index in [2.05, 4.69) is 36.0 Å². The number of fused-ring (bicyclic) bond motifs is 1. The molecule has 2 aliphatic carbocycles. The molecule has 0 saturated heterocycles. The summed E-state index contributed by atoms with van der Waals surface area (Å²) in [5.41, 5.74) is 0. The Hall–Kier alpha value is -1.66. The first-order valence-electron chi connectivity index (χ1n) is 12.6. The average molecular weight is 465 g/mol. The van der Waals surface area contributed by atoms with E-state index in [4.69, 9.17) is 4.74 Å². The fourth-order valence-electron chi connectivity index (χ4n) is 5.56. The van der Waals surface area contributed by atoms with Crippen LogP contribution in [0, 0.1) is 35.5 Å². The van der Waals surface area contributed by atoms with Crippen LogP contribution in [0.2, 0.25) is 0 Å². The molecule has 0 radical (unpaired) electrons. The fourth-order valence-corrected chi connectivity index (χ4v) is 5.56. The summed E-state index contributed by atoms with van der Waals surface area (Å²) in [6, 6.07) is 0. The second kappa shape index (κ2) is 13.3. The van der Waals surface area contributed by atoms with Crippen LogP contribution in [0.3, 0.4) is 0 Å². The molecular weight excluding hydrogens is 420 g/mol. The highest BCUT2D eigenvalue weighted by atomic mass is 16.5. The minimum absolute atomic E-state index is 0.110. The van der Waals surface area contributed by atoms with Crippen LogP contribution in [0.5, 0.6) is 0 Å². The molecule has 6 nitrogen and oxygen atoms in total. The third kappa shape index (κ3) is 7.96. The third-order valence-electron chi connectivity index (χ3n) is 7.62. The minimum Gasteiger partial charge on any atom is -0.469 e. The molecule has 0 aromatic rings. The molecule has 1 saturated carbocycles. The fraction of sp³-hybridized carbons (Fsp3) is 0.778. The predicted octanol–water partition coefficient (Wildman–Crippen LogP) is 4.44. The number of rotatable bonds is 11. The monoisotopic (exact) mass is 464 g/mol. The Balaban J connectivity index is 2.10. The maximum Gasteiger partial charge on any atom is 0.308 e. The van der Waals surface area contributed by atoms with Crippen LogP contribution in [0.15, 0.2) is 24.3 Å². The number of methoxy groups -OCH3 is 1. The number of carbonyl (C=O) groups is 2. The standard InChI is InChI=1S/C27H44O6/c1-6-8-19-13-20-10-9-18(4)23(12-11-21(28)15-22(29)16-25(30)32-5)26(20)24(14-19)33-27(31)17(3)7-2/h6,8-10,17-24,26,28-29H,7,11-16H2,1-5H3/b8-6-/t17-,18-,19-,20-,21+,22+,23-,24-,26-/m0/s1. The summed E-state index contributed by atoms with van der Waals surface area (Å²) in [5, 5.41) is 20.6. The second-order valence-electron chi connectivity index (χ2n) is 10.1. The maximum absolute atomic E-state index is 12.7. The van der Waals surface area contributed by atoms with E-state index < -0.39 is 18.2 Å². The van der Waals surface area contributed by atoms with Gasteiger partial charge in [-0.2, -0.15) is 0 Å². The van der Waals surface area contributed by atoms with Crippen molar-refractivity contribution in [2.45, 2.75) is 91.0 Å². The van der Waals surface area contributed by atoms with Gasteiger partial charge >= 0.3 is 11.9 Å². The number of allylic oxidation sites excluding steroid dienone is 4. The highest BCUT2D eigenvalue weighted by Gasteiger charge is 2.45. The molecule has 1 fully saturated rings. The van der Waals surface area contributed by atoms with E-state index in [1.807, 2.05) is 20.8 Å². The Bertz CT molecular complexity index is 686. The van der Waals surface area contributed by atoms with Crippen LogP contribution < -0.4 is 0 Å². The lowest BCUT2D eigenvalue weighted by molar-refractivity contribution is -0.163. The van der Waals surface area contributed by atoms with Crippen LogP contribution in [-0.4, -0.2) is 47.6 Å². The molecule has 9 atom stereocenters. The molecule has 6 heteroatoms. The molecule has 0 spiro atoms. The molecule has 2 rings (SSSR count). The van der Waals surface area contributed by atoms with Gasteiger partial charge < -0.3 is 19.7 Å². The number of ether oxygens (including phenoxy) is 2. The molecule has 0 aromatic carbocycles. The largest absolute Gasteiger partial charge is 0.469 e. The molecular formula is C27H44O6. The number of hydrogen-bond acceptors (Lipinski definition) is 6. The van der Waals surface area contributed by atoms with Crippen molar-refractivity contribution in [1.29, 1.82) is 0 Å². The Morgan fingerprint density at radius 2 is 1.91 bits per heavy atom. The molecule has 2 N–H and O–H groups in total. The predicted molar refractivity (Wildman–Crippen MR) is 128 cm³/mol. The van der Waals surface area contributed by atoms with Crippen LogP contribution in [0.1, 0.15) is 72.6 Å². The summed E-state index contributed by atoms with van der Waals surface area (Å²) in [6.45, 7) is 8.15. The first kappa shape index (κ1) is 27.6. The lowest BCUT2D eigenvalue weighted by Crippen LogP contribution is -2.46. The van der Waals surface area contributed by atoms with Gasteiger partial charge in [0.15, 0.2) is 0 Å². The van der Waals surface area contributed by atoms with E-state index in [1.165, 1.54) is 7.11 Å². The van der Waals surface area contributed by atoms with Gasteiger partial charge in [0.2, 0.25) is 0 Å². The molecule has 0 aliphatic heterocycles. The molecule has 0 unspecified atom stereocenters. The molecule has 0 bridgehead atoms. The SMILES string of the molecule is C/C=C\[C@@H]1C[C@H](OC(=O)[C@@H](C)CC)[C@@H]2[C@@H](CC[C@@H](O)C[C@@H](O)CC(=O)OC)[C@@H](C)C=C[C@H]2C1. The van der Waals surface area contributed by atoms with E-state index in [0.717, 1.165) is 25.7 Å². The zero-order valence-electron chi connectivity index (χ0n) is 21.0. The van der Waals surface area contributed by atoms with E-state index in [-0.39, 0.29) is 42.7 Å². The van der Waals surface area contributed by atoms with Crippen molar-refractivity contribution in [2.24, 2.45) is 35.5 Å². The Labute approximate surface area is 199 Å². The first-order chi connectivity index (χ1) is 15.7. The normalized spacial score (nSPS) is 32.1. The Kier molecular flexibility index (Phi) is 11.1. The van der Waals surface area contributed by atoms with Gasteiger partial charge in [0.05, 0.1) is 31.7 Å². The van der Waals surface area contributed by atoms with Crippen molar-refractivity contribution in [1.82, 2.24) is 0 Å². The second-order valence-corrected chi connectivity index (χ2v) is 10.1. The van der Waals surface area contributed by atoms with Crippen LogP contribution >= 0.6 is 0 Å². The van der Waals surface area contributed by atoms with Crippen molar-refractivity contribution < 1.29 is 29.3 Å². The van der Waals surface area contributed by atoms with Crippen LogP contribution in [-0.2, 0) is 19.1 Å². The molecule has 188 valence electrons. The van der Waals surface area contributed by atoms with E-state index in [9.17, 15) is 19.8 Å². The highest BCUT2D eigenvalue weighted by molar-refractivity contribution is 5.72. The number of esters is 2. The summed E-state index contributed by atoms with van der Waals surface area (Å²) in [5.74, 6) is 0.865. The van der Waals surface area contributed by atoms with Crippen molar-refractivity contribution in [2.75, 3.05) is 7.11 Å².